The van der Waals surface area contributed by atoms with Gasteiger partial charge in [-0.05, 0) is 32.6 Å². The van der Waals surface area contributed by atoms with Crippen LogP contribution in [0.15, 0.2) is 0 Å². The van der Waals surface area contributed by atoms with Crippen LogP contribution in [0.25, 0.3) is 0 Å². The van der Waals surface area contributed by atoms with Crippen molar-refractivity contribution in [3.05, 3.63) is 0 Å². The molecule has 2 rings (SSSR count). The molecule has 0 spiro atoms. The van der Waals surface area contributed by atoms with Crippen molar-refractivity contribution in [1.29, 1.82) is 0 Å². The first-order chi connectivity index (χ1) is 8.84. The van der Waals surface area contributed by atoms with Crippen molar-refractivity contribution < 1.29 is 8.42 Å². The highest BCUT2D eigenvalue weighted by atomic mass is 35.5. The first-order valence-corrected chi connectivity index (χ1v) is 9.13. The van der Waals surface area contributed by atoms with Crippen LogP contribution in [0.4, 0.5) is 0 Å². The van der Waals surface area contributed by atoms with Crippen LogP contribution in [0, 0.1) is 5.92 Å². The van der Waals surface area contributed by atoms with Crippen LogP contribution in [0.1, 0.15) is 26.7 Å². The van der Waals surface area contributed by atoms with E-state index in [-0.39, 0.29) is 12.4 Å². The quantitative estimate of drug-likeness (QED) is 0.832. The molecule has 2 saturated heterocycles. The smallest absolute Gasteiger partial charge is 0.211 e. The first kappa shape index (κ1) is 18.2. The van der Waals surface area contributed by atoms with Gasteiger partial charge in [0.05, 0.1) is 6.26 Å². The maximum atomic E-state index is 11.6. The van der Waals surface area contributed by atoms with Crippen LogP contribution in [0.5, 0.6) is 0 Å². The third-order valence-corrected chi connectivity index (χ3v) is 5.37. The highest BCUT2D eigenvalue weighted by Crippen LogP contribution is 2.20. The standard InChI is InChI=1S/C13H27N3O2S.ClH/c1-11-7-15(8-12(2)14-11)9-13-5-4-6-16(10-13)19(3,17)18;/h11-14H,4-10H2,1-3H3;1H. The van der Waals surface area contributed by atoms with Gasteiger partial charge in [-0.15, -0.1) is 12.4 Å². The Labute approximate surface area is 129 Å². The van der Waals surface area contributed by atoms with E-state index in [1.54, 1.807) is 4.31 Å². The lowest BCUT2D eigenvalue weighted by atomic mass is 9.98. The van der Waals surface area contributed by atoms with Crippen LogP contribution in [0.2, 0.25) is 0 Å². The number of hydrogen-bond donors (Lipinski definition) is 1. The monoisotopic (exact) mass is 325 g/mol. The molecule has 120 valence electrons. The lowest BCUT2D eigenvalue weighted by Crippen LogP contribution is -2.56. The largest absolute Gasteiger partial charge is 0.309 e. The molecule has 0 aliphatic carbocycles. The summed E-state index contributed by atoms with van der Waals surface area (Å²) in [6, 6.07) is 1.05. The van der Waals surface area contributed by atoms with Crippen LogP contribution in [-0.2, 0) is 10.0 Å². The number of halogens is 1. The molecular formula is C13H28ClN3O2S. The third kappa shape index (κ3) is 5.15. The molecule has 0 saturated carbocycles. The number of rotatable bonds is 3. The molecule has 0 aromatic heterocycles. The predicted octanol–water partition coefficient (Wildman–Crippen LogP) is 0.762. The van der Waals surface area contributed by atoms with E-state index in [2.05, 4.69) is 24.1 Å². The minimum atomic E-state index is -3.02. The van der Waals surface area contributed by atoms with E-state index in [0.717, 1.165) is 32.5 Å². The molecule has 0 bridgehead atoms. The van der Waals surface area contributed by atoms with Gasteiger partial charge in [0.1, 0.15) is 0 Å². The lowest BCUT2D eigenvalue weighted by Gasteiger charge is -2.40. The Morgan fingerprint density at radius 1 is 1.15 bits per heavy atom. The predicted molar refractivity (Wildman–Crippen MR) is 84.9 cm³/mol. The van der Waals surface area contributed by atoms with E-state index < -0.39 is 10.0 Å². The number of nitrogens with zero attached hydrogens (tertiary/aromatic N) is 2. The van der Waals surface area contributed by atoms with Gasteiger partial charge in [0, 0.05) is 44.8 Å². The highest BCUT2D eigenvalue weighted by molar-refractivity contribution is 7.88. The number of hydrogen-bond acceptors (Lipinski definition) is 4. The summed E-state index contributed by atoms with van der Waals surface area (Å²) in [4.78, 5) is 2.49. The van der Waals surface area contributed by atoms with Crippen molar-refractivity contribution in [2.24, 2.45) is 5.92 Å². The average Bonchev–Trinajstić information content (AvgIpc) is 2.26. The topological polar surface area (TPSA) is 52.7 Å². The summed E-state index contributed by atoms with van der Waals surface area (Å²) in [5.74, 6) is 0.487. The van der Waals surface area contributed by atoms with Gasteiger partial charge in [-0.1, -0.05) is 0 Å². The molecule has 2 aliphatic heterocycles. The van der Waals surface area contributed by atoms with E-state index in [1.165, 1.54) is 6.26 Å². The summed E-state index contributed by atoms with van der Waals surface area (Å²) in [6.07, 6.45) is 3.47. The van der Waals surface area contributed by atoms with Gasteiger partial charge in [-0.3, -0.25) is 4.90 Å². The molecule has 20 heavy (non-hydrogen) atoms. The van der Waals surface area contributed by atoms with Gasteiger partial charge < -0.3 is 5.32 Å². The first-order valence-electron chi connectivity index (χ1n) is 7.28. The Kier molecular flexibility index (Phi) is 6.73. The van der Waals surface area contributed by atoms with Crippen LogP contribution >= 0.6 is 12.4 Å². The molecule has 1 N–H and O–H groups in total. The third-order valence-electron chi connectivity index (χ3n) is 4.10. The van der Waals surface area contributed by atoms with Gasteiger partial charge in [-0.2, -0.15) is 0 Å². The van der Waals surface area contributed by atoms with E-state index in [9.17, 15) is 8.42 Å². The van der Waals surface area contributed by atoms with E-state index in [0.29, 0.717) is 31.1 Å². The summed E-state index contributed by atoms with van der Waals surface area (Å²) in [5, 5.41) is 3.53. The molecule has 2 aliphatic rings. The maximum absolute atomic E-state index is 11.6. The summed E-state index contributed by atoms with van der Waals surface area (Å²) in [5.41, 5.74) is 0. The molecule has 0 aromatic rings. The summed E-state index contributed by atoms with van der Waals surface area (Å²) < 4.78 is 24.9. The Morgan fingerprint density at radius 2 is 1.75 bits per heavy atom. The molecule has 0 aromatic carbocycles. The molecule has 5 nitrogen and oxygen atoms in total. The van der Waals surface area contributed by atoms with Crippen molar-refractivity contribution in [2.75, 3.05) is 39.0 Å². The number of piperidine rings is 1. The zero-order valence-electron chi connectivity index (χ0n) is 12.7. The van der Waals surface area contributed by atoms with Gasteiger partial charge in [0.25, 0.3) is 0 Å². The maximum Gasteiger partial charge on any atom is 0.211 e. The Balaban J connectivity index is 0.00000200. The molecule has 0 radical (unpaired) electrons. The zero-order valence-corrected chi connectivity index (χ0v) is 14.3. The molecular weight excluding hydrogens is 298 g/mol. The van der Waals surface area contributed by atoms with Gasteiger partial charge >= 0.3 is 0 Å². The van der Waals surface area contributed by atoms with E-state index >= 15 is 0 Å². The lowest BCUT2D eigenvalue weighted by molar-refractivity contribution is 0.128. The molecule has 3 atom stereocenters. The van der Waals surface area contributed by atoms with Crippen molar-refractivity contribution in [3.63, 3.8) is 0 Å². The zero-order chi connectivity index (χ0) is 14.0. The van der Waals surface area contributed by atoms with Gasteiger partial charge in [-0.25, -0.2) is 12.7 Å². The summed E-state index contributed by atoms with van der Waals surface area (Å²) >= 11 is 0. The fourth-order valence-electron chi connectivity index (χ4n) is 3.43. The summed E-state index contributed by atoms with van der Waals surface area (Å²) in [6.45, 7) is 9.00. The average molecular weight is 326 g/mol. The molecule has 3 unspecified atom stereocenters. The van der Waals surface area contributed by atoms with Crippen molar-refractivity contribution in [3.8, 4) is 0 Å². The Morgan fingerprint density at radius 3 is 2.30 bits per heavy atom. The van der Waals surface area contributed by atoms with Crippen LogP contribution in [0.3, 0.4) is 0 Å². The van der Waals surface area contributed by atoms with Gasteiger partial charge in [0.2, 0.25) is 10.0 Å². The number of sulfonamides is 1. The van der Waals surface area contributed by atoms with Crippen molar-refractivity contribution in [2.45, 2.75) is 38.8 Å². The molecule has 2 fully saturated rings. The number of piperazine rings is 1. The minimum absolute atomic E-state index is 0. The Bertz CT molecular complexity index is 394. The fourth-order valence-corrected chi connectivity index (χ4v) is 4.37. The molecule has 7 heteroatoms. The minimum Gasteiger partial charge on any atom is -0.309 e. The fraction of sp³-hybridized carbons (Fsp3) is 1.00. The highest BCUT2D eigenvalue weighted by Gasteiger charge is 2.29. The Hall–Kier alpha value is 0.120. The van der Waals surface area contributed by atoms with Crippen molar-refractivity contribution >= 4 is 22.4 Å². The summed E-state index contributed by atoms with van der Waals surface area (Å²) in [7, 11) is -3.02. The second-order valence-electron chi connectivity index (χ2n) is 6.32. The van der Waals surface area contributed by atoms with Crippen LogP contribution in [-0.4, -0.2) is 68.7 Å². The molecule has 2 heterocycles. The SMILES string of the molecule is CC1CN(CC2CCCN(S(C)(=O)=O)C2)CC(C)N1.Cl. The van der Waals surface area contributed by atoms with Gasteiger partial charge in [0.15, 0.2) is 0 Å². The normalized spacial score (nSPS) is 33.6. The van der Waals surface area contributed by atoms with E-state index in [1.807, 2.05) is 0 Å². The number of nitrogens with one attached hydrogen (secondary N) is 1. The van der Waals surface area contributed by atoms with E-state index in [4.69, 9.17) is 0 Å². The second-order valence-corrected chi connectivity index (χ2v) is 8.30. The van der Waals surface area contributed by atoms with Crippen LogP contribution < -0.4 is 5.32 Å². The van der Waals surface area contributed by atoms with Crippen molar-refractivity contribution in [1.82, 2.24) is 14.5 Å². The molecule has 0 amide bonds. The second kappa shape index (κ2) is 7.40.